The van der Waals surface area contributed by atoms with Crippen LogP contribution in [0, 0.1) is 0 Å². The molecule has 0 saturated heterocycles. The first-order valence-electron chi connectivity index (χ1n) is 3.45. The van der Waals surface area contributed by atoms with E-state index in [0.29, 0.717) is 11.3 Å². The lowest BCUT2D eigenvalue weighted by Gasteiger charge is -2.09. The molecule has 0 atom stereocenters. The molecule has 1 aromatic carbocycles. The Morgan fingerprint density at radius 1 is 1.31 bits per heavy atom. The van der Waals surface area contributed by atoms with E-state index in [-0.39, 0.29) is 0 Å². The highest BCUT2D eigenvalue weighted by Gasteiger charge is 2.33. The Balaban J connectivity index is 3.13. The third-order valence-electron chi connectivity index (χ3n) is 1.55. The van der Waals surface area contributed by atoms with Crippen LogP contribution in [0.15, 0.2) is 18.2 Å². The van der Waals surface area contributed by atoms with E-state index < -0.39 is 17.5 Å². The van der Waals surface area contributed by atoms with Crippen molar-refractivity contribution >= 4 is 12.6 Å². The molecular weight excluding hydrogens is 201 g/mol. The molecule has 1 nitrogen and oxygen atoms in total. The van der Waals surface area contributed by atoms with E-state index in [0.717, 1.165) is 12.1 Å². The Morgan fingerprint density at radius 3 is 2.31 bits per heavy atom. The molecule has 0 aliphatic carbocycles. The molecule has 0 spiro atoms. The lowest BCUT2D eigenvalue weighted by Crippen LogP contribution is -2.05. The zero-order chi connectivity index (χ0) is 10.1. The van der Waals surface area contributed by atoms with E-state index in [1.54, 1.807) is 0 Å². The molecule has 0 amide bonds. The highest BCUT2D eigenvalue weighted by molar-refractivity contribution is 7.79. The second-order valence-corrected chi connectivity index (χ2v) is 2.82. The molecule has 0 fully saturated rings. The summed E-state index contributed by atoms with van der Waals surface area (Å²) >= 11 is 3.87. The number of phenolic OH excluding ortho intramolecular Hbond substituents is 1. The van der Waals surface area contributed by atoms with Gasteiger partial charge >= 0.3 is 6.18 Å². The van der Waals surface area contributed by atoms with Crippen molar-refractivity contribution in [3.63, 3.8) is 0 Å². The zero-order valence-corrected chi connectivity index (χ0v) is 7.36. The molecule has 0 heterocycles. The molecule has 0 unspecified atom stereocenters. The summed E-state index contributed by atoms with van der Waals surface area (Å²) in [5.74, 6) is -0.454. The average Bonchev–Trinajstić information content (AvgIpc) is 2.01. The number of benzene rings is 1. The third-order valence-corrected chi connectivity index (χ3v) is 1.92. The largest absolute Gasteiger partial charge is 0.507 e. The summed E-state index contributed by atoms with van der Waals surface area (Å²) in [6, 6.07) is 3.20. The summed E-state index contributed by atoms with van der Waals surface area (Å²) < 4.78 is 36.3. The first-order chi connectivity index (χ1) is 5.95. The lowest BCUT2D eigenvalue weighted by molar-refractivity contribution is -0.138. The van der Waals surface area contributed by atoms with Crippen molar-refractivity contribution in [2.45, 2.75) is 11.9 Å². The summed E-state index contributed by atoms with van der Waals surface area (Å²) in [7, 11) is 0. The highest BCUT2D eigenvalue weighted by Crippen LogP contribution is 2.35. The van der Waals surface area contributed by atoms with Crippen molar-refractivity contribution in [3.05, 3.63) is 29.3 Å². The van der Waals surface area contributed by atoms with E-state index in [2.05, 4.69) is 12.6 Å². The monoisotopic (exact) mass is 208 g/mol. The molecule has 0 aliphatic heterocycles. The van der Waals surface area contributed by atoms with Gasteiger partial charge in [0.25, 0.3) is 0 Å². The van der Waals surface area contributed by atoms with Crippen molar-refractivity contribution in [3.8, 4) is 5.75 Å². The number of hydrogen-bond donors (Lipinski definition) is 2. The SMILES string of the molecule is Oc1cc(CS)ccc1C(F)(F)F. The van der Waals surface area contributed by atoms with Crippen LogP contribution in [-0.2, 0) is 11.9 Å². The van der Waals surface area contributed by atoms with Crippen LogP contribution in [0.3, 0.4) is 0 Å². The molecule has 1 aromatic rings. The van der Waals surface area contributed by atoms with Gasteiger partial charge in [0.2, 0.25) is 0 Å². The van der Waals surface area contributed by atoms with Crippen LogP contribution in [0.4, 0.5) is 13.2 Å². The number of hydrogen-bond acceptors (Lipinski definition) is 2. The predicted molar refractivity (Wildman–Crippen MR) is 45.8 cm³/mol. The van der Waals surface area contributed by atoms with Gasteiger partial charge in [0.1, 0.15) is 5.75 Å². The molecule has 0 saturated carbocycles. The molecule has 0 aliphatic rings. The maximum Gasteiger partial charge on any atom is 0.419 e. The fourth-order valence-electron chi connectivity index (χ4n) is 0.915. The molecular formula is C8H7F3OS. The smallest absolute Gasteiger partial charge is 0.419 e. The van der Waals surface area contributed by atoms with Crippen LogP contribution >= 0.6 is 12.6 Å². The predicted octanol–water partition coefficient (Wildman–Crippen LogP) is 2.84. The Bertz CT molecular complexity index is 309. The van der Waals surface area contributed by atoms with Gasteiger partial charge in [-0.25, -0.2) is 0 Å². The van der Waals surface area contributed by atoms with E-state index >= 15 is 0 Å². The molecule has 1 rings (SSSR count). The third kappa shape index (κ3) is 2.30. The quantitative estimate of drug-likeness (QED) is 0.680. The molecule has 0 bridgehead atoms. The minimum atomic E-state index is -4.50. The van der Waals surface area contributed by atoms with Gasteiger partial charge in [0, 0.05) is 5.75 Å². The Morgan fingerprint density at radius 2 is 1.92 bits per heavy atom. The minimum absolute atomic E-state index is 0.297. The number of thiol groups is 1. The van der Waals surface area contributed by atoms with Crippen LogP contribution in [-0.4, -0.2) is 5.11 Å². The fraction of sp³-hybridized carbons (Fsp3) is 0.250. The van der Waals surface area contributed by atoms with Gasteiger partial charge in [0.15, 0.2) is 0 Å². The number of phenols is 1. The summed E-state index contributed by atoms with van der Waals surface area (Å²) in [5.41, 5.74) is -0.466. The van der Waals surface area contributed by atoms with Gasteiger partial charge < -0.3 is 5.11 Å². The van der Waals surface area contributed by atoms with Gasteiger partial charge in [-0.2, -0.15) is 25.8 Å². The normalized spacial score (nSPS) is 11.7. The van der Waals surface area contributed by atoms with Crippen LogP contribution in [0.1, 0.15) is 11.1 Å². The fourth-order valence-corrected chi connectivity index (χ4v) is 1.11. The molecule has 1 N–H and O–H groups in total. The average molecular weight is 208 g/mol. The Labute approximate surface area is 78.6 Å². The first kappa shape index (κ1) is 10.2. The highest BCUT2D eigenvalue weighted by atomic mass is 32.1. The van der Waals surface area contributed by atoms with Gasteiger partial charge in [-0.3, -0.25) is 0 Å². The van der Waals surface area contributed by atoms with Crippen molar-refractivity contribution in [1.29, 1.82) is 0 Å². The summed E-state index contributed by atoms with van der Waals surface area (Å²) in [5, 5.41) is 9.00. The maximum atomic E-state index is 12.1. The van der Waals surface area contributed by atoms with Crippen LogP contribution in [0.2, 0.25) is 0 Å². The van der Waals surface area contributed by atoms with Crippen LogP contribution in [0.5, 0.6) is 5.75 Å². The topological polar surface area (TPSA) is 20.2 Å². The van der Waals surface area contributed by atoms with Crippen molar-refractivity contribution < 1.29 is 18.3 Å². The molecule has 5 heteroatoms. The van der Waals surface area contributed by atoms with Crippen molar-refractivity contribution in [2.75, 3.05) is 0 Å². The van der Waals surface area contributed by atoms with Gasteiger partial charge in [-0.1, -0.05) is 6.07 Å². The van der Waals surface area contributed by atoms with Crippen molar-refractivity contribution in [1.82, 2.24) is 0 Å². The minimum Gasteiger partial charge on any atom is -0.507 e. The lowest BCUT2D eigenvalue weighted by atomic mass is 10.1. The number of rotatable bonds is 1. The van der Waals surface area contributed by atoms with E-state index in [4.69, 9.17) is 5.11 Å². The standard InChI is InChI=1S/C8H7F3OS/c9-8(10,11)6-2-1-5(4-13)3-7(6)12/h1-3,12-13H,4H2. The number of alkyl halides is 3. The zero-order valence-electron chi connectivity index (χ0n) is 6.47. The Kier molecular flexibility index (Phi) is 2.75. The summed E-state index contributed by atoms with van der Waals surface area (Å²) in [4.78, 5) is 0. The van der Waals surface area contributed by atoms with Gasteiger partial charge in [-0.15, -0.1) is 0 Å². The molecule has 0 radical (unpaired) electrons. The Hall–Kier alpha value is -0.840. The van der Waals surface area contributed by atoms with Crippen LogP contribution < -0.4 is 0 Å². The van der Waals surface area contributed by atoms with Crippen LogP contribution in [0.25, 0.3) is 0 Å². The van der Waals surface area contributed by atoms with E-state index in [1.807, 2.05) is 0 Å². The number of aromatic hydroxyl groups is 1. The summed E-state index contributed by atoms with van der Waals surface area (Å²) in [6.07, 6.45) is -4.50. The van der Waals surface area contributed by atoms with E-state index in [1.165, 1.54) is 6.07 Å². The first-order valence-corrected chi connectivity index (χ1v) is 4.08. The van der Waals surface area contributed by atoms with Gasteiger partial charge in [-0.05, 0) is 17.7 Å². The second-order valence-electron chi connectivity index (χ2n) is 2.51. The maximum absolute atomic E-state index is 12.1. The number of halogens is 3. The van der Waals surface area contributed by atoms with Gasteiger partial charge in [0.05, 0.1) is 5.56 Å². The second kappa shape index (κ2) is 3.49. The van der Waals surface area contributed by atoms with E-state index in [9.17, 15) is 13.2 Å². The molecule has 13 heavy (non-hydrogen) atoms. The molecule has 0 aromatic heterocycles. The summed E-state index contributed by atoms with van der Waals surface area (Å²) in [6.45, 7) is 0. The van der Waals surface area contributed by atoms with Crippen molar-refractivity contribution in [2.24, 2.45) is 0 Å². The molecule has 72 valence electrons.